The highest BCUT2D eigenvalue weighted by Crippen LogP contribution is 2.59. The zero-order chi connectivity index (χ0) is 16.5. The third kappa shape index (κ3) is 3.09. The first-order chi connectivity index (χ1) is 10.2. The molecular weight excluding hydrogens is 280 g/mol. The van der Waals surface area contributed by atoms with E-state index in [0.717, 1.165) is 24.8 Å². The van der Waals surface area contributed by atoms with Crippen LogP contribution in [-0.4, -0.2) is 35.5 Å². The molecule has 0 spiro atoms. The molecule has 2 N–H and O–H groups in total. The van der Waals surface area contributed by atoms with E-state index in [-0.39, 0.29) is 35.9 Å². The maximum Gasteiger partial charge on any atom is 0.313 e. The molecule has 0 aliphatic heterocycles. The Morgan fingerprint density at radius 2 is 2.09 bits per heavy atom. The Hall–Kier alpha value is -0.870. The number of ether oxygens (including phenoxy) is 1. The van der Waals surface area contributed by atoms with Crippen molar-refractivity contribution in [2.45, 2.75) is 59.5 Å². The molecule has 0 bridgehead atoms. The van der Waals surface area contributed by atoms with Crippen LogP contribution in [0.5, 0.6) is 0 Å². The van der Waals surface area contributed by atoms with Gasteiger partial charge in [0.25, 0.3) is 0 Å². The van der Waals surface area contributed by atoms with Gasteiger partial charge in [0, 0.05) is 0 Å². The summed E-state index contributed by atoms with van der Waals surface area (Å²) in [6, 6.07) is 0. The summed E-state index contributed by atoms with van der Waals surface area (Å²) in [6.07, 6.45) is 5.59. The molecular formula is C18H30O4. The van der Waals surface area contributed by atoms with Gasteiger partial charge in [-0.1, -0.05) is 38.8 Å². The summed E-state index contributed by atoms with van der Waals surface area (Å²) >= 11 is 0. The topological polar surface area (TPSA) is 66.8 Å². The second kappa shape index (κ2) is 6.32. The Labute approximate surface area is 133 Å². The summed E-state index contributed by atoms with van der Waals surface area (Å²) in [5, 5.41) is 18.3. The van der Waals surface area contributed by atoms with Gasteiger partial charge in [-0.15, -0.1) is 0 Å². The molecule has 0 aromatic heterocycles. The molecule has 4 nitrogen and oxygen atoms in total. The van der Waals surface area contributed by atoms with Crippen molar-refractivity contribution in [2.24, 2.45) is 22.7 Å². The van der Waals surface area contributed by atoms with Crippen LogP contribution in [0.25, 0.3) is 0 Å². The Bertz CT molecular complexity index is 454. The van der Waals surface area contributed by atoms with Gasteiger partial charge in [-0.2, -0.15) is 0 Å². The van der Waals surface area contributed by atoms with Gasteiger partial charge < -0.3 is 14.9 Å². The van der Waals surface area contributed by atoms with Crippen LogP contribution in [0.2, 0.25) is 0 Å². The maximum atomic E-state index is 12.6. The third-order valence-corrected chi connectivity index (χ3v) is 5.93. The van der Waals surface area contributed by atoms with E-state index in [0.29, 0.717) is 5.92 Å². The third-order valence-electron chi connectivity index (χ3n) is 5.93. The van der Waals surface area contributed by atoms with Crippen LogP contribution in [-0.2, 0) is 9.53 Å². The van der Waals surface area contributed by atoms with Crippen molar-refractivity contribution in [3.8, 4) is 0 Å². The van der Waals surface area contributed by atoms with E-state index in [1.54, 1.807) is 0 Å². The predicted octanol–water partition coefficient (Wildman–Crippen LogP) is 2.68. The fourth-order valence-electron chi connectivity index (χ4n) is 4.81. The first-order valence-electron chi connectivity index (χ1n) is 8.34. The quantitative estimate of drug-likeness (QED) is 0.619. The van der Waals surface area contributed by atoms with Gasteiger partial charge in [-0.05, 0) is 42.9 Å². The number of aliphatic hydroxyl groups is 2. The molecule has 0 saturated heterocycles. The highest BCUT2D eigenvalue weighted by molar-refractivity contribution is 5.77. The minimum absolute atomic E-state index is 0.0815. The van der Waals surface area contributed by atoms with Gasteiger partial charge in [0.2, 0.25) is 0 Å². The van der Waals surface area contributed by atoms with Gasteiger partial charge in [0.1, 0.15) is 12.7 Å². The number of aliphatic hydroxyl groups excluding tert-OH is 2. The predicted molar refractivity (Wildman–Crippen MR) is 85.1 cm³/mol. The normalized spacial score (nSPS) is 35.3. The number of fused-ring (bicyclic) bond motifs is 1. The highest BCUT2D eigenvalue weighted by Gasteiger charge is 2.54. The van der Waals surface area contributed by atoms with Crippen LogP contribution in [0.15, 0.2) is 11.6 Å². The molecule has 2 aliphatic rings. The van der Waals surface area contributed by atoms with Crippen LogP contribution < -0.4 is 0 Å². The Balaban J connectivity index is 2.23. The van der Waals surface area contributed by atoms with Gasteiger partial charge in [-0.3, -0.25) is 4.79 Å². The van der Waals surface area contributed by atoms with E-state index in [9.17, 15) is 9.90 Å². The minimum Gasteiger partial charge on any atom is -0.462 e. The molecule has 0 aromatic carbocycles. The van der Waals surface area contributed by atoms with E-state index in [1.807, 2.05) is 6.92 Å². The SMILES string of the molecule is CC1=CC[C@H]2C(C)(C)CCC[C@]2(C)[C@H]1C(=O)OC[C@H](O)CO. The smallest absolute Gasteiger partial charge is 0.313 e. The van der Waals surface area contributed by atoms with E-state index >= 15 is 0 Å². The van der Waals surface area contributed by atoms with Gasteiger partial charge in [-0.25, -0.2) is 0 Å². The molecule has 22 heavy (non-hydrogen) atoms. The van der Waals surface area contributed by atoms with Gasteiger partial charge in [0.15, 0.2) is 0 Å². The lowest BCUT2D eigenvalue weighted by atomic mass is 9.49. The molecule has 126 valence electrons. The fraction of sp³-hybridized carbons (Fsp3) is 0.833. The average Bonchev–Trinajstić information content (AvgIpc) is 2.43. The maximum absolute atomic E-state index is 12.6. The molecule has 0 heterocycles. The van der Waals surface area contributed by atoms with Crippen molar-refractivity contribution >= 4 is 5.97 Å². The van der Waals surface area contributed by atoms with Crippen molar-refractivity contribution < 1.29 is 19.7 Å². The van der Waals surface area contributed by atoms with E-state index in [2.05, 4.69) is 26.8 Å². The number of esters is 1. The number of hydrogen-bond donors (Lipinski definition) is 2. The Kier molecular flexibility index (Phi) is 5.03. The molecule has 4 atom stereocenters. The van der Waals surface area contributed by atoms with Crippen LogP contribution in [0.4, 0.5) is 0 Å². The zero-order valence-electron chi connectivity index (χ0n) is 14.3. The Morgan fingerprint density at radius 1 is 1.41 bits per heavy atom. The van der Waals surface area contributed by atoms with Crippen LogP contribution >= 0.6 is 0 Å². The van der Waals surface area contributed by atoms with Gasteiger partial charge >= 0.3 is 5.97 Å². The number of rotatable bonds is 4. The summed E-state index contributed by atoms with van der Waals surface area (Å²) in [5.74, 6) is -0.0272. The Morgan fingerprint density at radius 3 is 2.73 bits per heavy atom. The fourth-order valence-corrected chi connectivity index (χ4v) is 4.81. The van der Waals surface area contributed by atoms with Crippen molar-refractivity contribution in [1.82, 2.24) is 0 Å². The molecule has 1 saturated carbocycles. The highest BCUT2D eigenvalue weighted by atomic mass is 16.5. The molecule has 2 aliphatic carbocycles. The van der Waals surface area contributed by atoms with Gasteiger partial charge in [0.05, 0.1) is 12.5 Å². The summed E-state index contributed by atoms with van der Waals surface area (Å²) in [5.41, 5.74) is 1.23. The number of hydrogen-bond acceptors (Lipinski definition) is 4. The number of allylic oxidation sites excluding steroid dienone is 1. The molecule has 0 aromatic rings. The summed E-state index contributed by atoms with van der Waals surface area (Å²) < 4.78 is 5.30. The largest absolute Gasteiger partial charge is 0.462 e. The minimum atomic E-state index is -0.997. The van der Waals surface area contributed by atoms with Crippen LogP contribution in [0, 0.1) is 22.7 Å². The van der Waals surface area contributed by atoms with Crippen molar-refractivity contribution in [3.05, 3.63) is 11.6 Å². The monoisotopic (exact) mass is 310 g/mol. The molecule has 4 heteroatoms. The first-order valence-corrected chi connectivity index (χ1v) is 8.34. The number of carbonyl (C=O) groups excluding carboxylic acids is 1. The standard InChI is InChI=1S/C18H30O4/c1-12-6-7-14-17(2,3)8-5-9-18(14,4)15(12)16(21)22-11-13(20)10-19/h6,13-15,19-20H,5,7-11H2,1-4H3/t13-,14+,15-,18+/m1/s1. The lowest BCUT2D eigenvalue weighted by molar-refractivity contribution is -0.161. The molecule has 0 amide bonds. The lowest BCUT2D eigenvalue weighted by Gasteiger charge is -2.55. The van der Waals surface area contributed by atoms with Crippen LogP contribution in [0.3, 0.4) is 0 Å². The van der Waals surface area contributed by atoms with E-state index in [1.165, 1.54) is 6.42 Å². The summed E-state index contributed by atoms with van der Waals surface area (Å²) in [6.45, 7) is 8.33. The summed E-state index contributed by atoms with van der Waals surface area (Å²) in [7, 11) is 0. The molecule has 1 fully saturated rings. The molecule has 0 unspecified atom stereocenters. The second-order valence-corrected chi connectivity index (χ2v) is 7.98. The van der Waals surface area contributed by atoms with Crippen molar-refractivity contribution in [1.29, 1.82) is 0 Å². The van der Waals surface area contributed by atoms with E-state index < -0.39 is 6.10 Å². The molecule has 2 rings (SSSR count). The number of carbonyl (C=O) groups is 1. The average molecular weight is 310 g/mol. The van der Waals surface area contributed by atoms with Crippen molar-refractivity contribution in [3.63, 3.8) is 0 Å². The van der Waals surface area contributed by atoms with Crippen molar-refractivity contribution in [2.75, 3.05) is 13.2 Å². The molecule has 0 radical (unpaired) electrons. The van der Waals surface area contributed by atoms with E-state index in [4.69, 9.17) is 9.84 Å². The van der Waals surface area contributed by atoms with Crippen LogP contribution in [0.1, 0.15) is 53.4 Å². The lowest BCUT2D eigenvalue weighted by Crippen LogP contribution is -2.51. The zero-order valence-corrected chi connectivity index (χ0v) is 14.3. The first kappa shape index (κ1) is 17.5. The second-order valence-electron chi connectivity index (χ2n) is 7.98. The summed E-state index contributed by atoms with van der Waals surface area (Å²) in [4.78, 5) is 12.6.